The van der Waals surface area contributed by atoms with Gasteiger partial charge in [0.25, 0.3) is 0 Å². The molecule has 1 aromatic carbocycles. The van der Waals surface area contributed by atoms with Gasteiger partial charge in [0.05, 0.1) is 7.11 Å². The Kier molecular flexibility index (Phi) is 3.48. The minimum Gasteiger partial charge on any atom is -0.464 e. The first-order valence-electron chi connectivity index (χ1n) is 7.33. The Bertz CT molecular complexity index is 707. The molecule has 6 nitrogen and oxygen atoms in total. The normalized spacial score (nSPS) is 33.0. The maximum absolute atomic E-state index is 14.2. The topological polar surface area (TPSA) is 80.3 Å². The van der Waals surface area contributed by atoms with E-state index in [1.54, 1.807) is 30.4 Å². The van der Waals surface area contributed by atoms with E-state index >= 15 is 0 Å². The molecule has 2 N–H and O–H groups in total. The molecule has 0 aliphatic carbocycles. The molecule has 3 rings (SSSR count). The first-order valence-corrected chi connectivity index (χ1v) is 7.33. The van der Waals surface area contributed by atoms with E-state index < -0.39 is 47.0 Å². The van der Waals surface area contributed by atoms with Crippen molar-refractivity contribution >= 4 is 17.8 Å². The molecule has 0 unspecified atom stereocenters. The number of benzene rings is 1. The second-order valence-corrected chi connectivity index (χ2v) is 6.23. The number of nitrogens with two attached hydrogens (primary N) is 1. The van der Waals surface area contributed by atoms with E-state index in [9.17, 15) is 18.8 Å². The summed E-state index contributed by atoms with van der Waals surface area (Å²) in [6.07, 6.45) is 0. The molecular weight excluding hydrogens is 303 g/mol. The molecule has 2 saturated heterocycles. The van der Waals surface area contributed by atoms with E-state index in [0.717, 1.165) is 4.90 Å². The number of amides is 2. The number of hydrogen-bond acceptors (Lipinski definition) is 4. The number of likely N-dealkylation sites (tertiary alicyclic amines) is 1. The second kappa shape index (κ2) is 5.13. The van der Waals surface area contributed by atoms with Crippen LogP contribution in [0.4, 0.5) is 4.39 Å². The molecule has 0 radical (unpaired) electrons. The van der Waals surface area contributed by atoms with Crippen molar-refractivity contribution < 1.29 is 28.8 Å². The number of fused-ring (bicyclic) bond motifs is 1. The van der Waals surface area contributed by atoms with Gasteiger partial charge in [-0.3, -0.25) is 14.5 Å². The number of carbonyl (C=O) groups excluding carboxylic acids is 3. The Morgan fingerprint density at radius 2 is 1.96 bits per heavy atom. The fourth-order valence-electron chi connectivity index (χ4n) is 3.85. The summed E-state index contributed by atoms with van der Waals surface area (Å²) >= 11 is 0. The molecule has 122 valence electrons. The number of carbonyl (C=O) groups is 3. The lowest BCUT2D eigenvalue weighted by Crippen LogP contribution is -2.97. The van der Waals surface area contributed by atoms with Crippen LogP contribution < -0.4 is 5.32 Å². The van der Waals surface area contributed by atoms with Gasteiger partial charge in [0, 0.05) is 19.5 Å². The first-order chi connectivity index (χ1) is 10.8. The molecule has 4 atom stereocenters. The van der Waals surface area contributed by atoms with Crippen LogP contribution in [0.5, 0.6) is 0 Å². The van der Waals surface area contributed by atoms with Gasteiger partial charge >= 0.3 is 5.97 Å². The summed E-state index contributed by atoms with van der Waals surface area (Å²) in [5.74, 6) is -3.52. The Labute approximate surface area is 132 Å². The van der Waals surface area contributed by atoms with Crippen molar-refractivity contribution in [2.75, 3.05) is 14.2 Å². The standard InChI is InChI=1S/C16H17FN2O4/c1-16(15(22)23-3)11-10(13(20)19(2)14(11)21)12(18-16)8-6-4-5-7-9(8)17/h4-7,10-12,18H,1-3H3/p+1/t10-,11-,12-,16-/m0/s1. The fraction of sp³-hybridized carbons (Fsp3) is 0.438. The largest absolute Gasteiger partial charge is 0.464 e. The molecule has 0 spiro atoms. The maximum atomic E-state index is 14.2. The Morgan fingerprint density at radius 3 is 2.57 bits per heavy atom. The summed E-state index contributed by atoms with van der Waals surface area (Å²) < 4.78 is 19.0. The molecule has 1 aromatic rings. The quantitative estimate of drug-likeness (QED) is 0.594. The van der Waals surface area contributed by atoms with Crippen molar-refractivity contribution in [1.82, 2.24) is 4.90 Å². The van der Waals surface area contributed by atoms with Gasteiger partial charge < -0.3 is 10.1 Å². The molecule has 0 saturated carbocycles. The summed E-state index contributed by atoms with van der Waals surface area (Å²) in [7, 11) is 2.62. The average Bonchev–Trinajstić information content (AvgIpc) is 2.97. The number of halogens is 1. The highest BCUT2D eigenvalue weighted by atomic mass is 19.1. The minimum absolute atomic E-state index is 0.312. The maximum Gasteiger partial charge on any atom is 0.368 e. The van der Waals surface area contributed by atoms with Crippen LogP contribution in [0, 0.1) is 17.7 Å². The molecule has 7 heteroatoms. The van der Waals surface area contributed by atoms with Crippen molar-refractivity contribution in [3.63, 3.8) is 0 Å². The van der Waals surface area contributed by atoms with Crippen LogP contribution in [0.25, 0.3) is 0 Å². The fourth-order valence-corrected chi connectivity index (χ4v) is 3.85. The van der Waals surface area contributed by atoms with Crippen molar-refractivity contribution in [3.05, 3.63) is 35.6 Å². The lowest BCUT2D eigenvalue weighted by molar-refractivity contribution is -0.731. The predicted molar refractivity (Wildman–Crippen MR) is 76.2 cm³/mol. The zero-order valence-corrected chi connectivity index (χ0v) is 13.1. The third-order valence-corrected chi connectivity index (χ3v) is 5.02. The Balaban J connectivity index is 2.14. The van der Waals surface area contributed by atoms with Crippen LogP contribution in [-0.2, 0) is 19.1 Å². The van der Waals surface area contributed by atoms with Gasteiger partial charge in [-0.05, 0) is 6.07 Å². The van der Waals surface area contributed by atoms with Crippen molar-refractivity contribution in [1.29, 1.82) is 0 Å². The molecule has 23 heavy (non-hydrogen) atoms. The van der Waals surface area contributed by atoms with Crippen LogP contribution in [0.15, 0.2) is 24.3 Å². The van der Waals surface area contributed by atoms with Crippen LogP contribution in [0.3, 0.4) is 0 Å². The molecular formula is C16H18FN2O4+. The summed E-state index contributed by atoms with van der Waals surface area (Å²) in [6, 6.07) is 5.45. The van der Waals surface area contributed by atoms with E-state index in [1.165, 1.54) is 20.2 Å². The number of quaternary nitrogens is 1. The summed E-state index contributed by atoms with van der Waals surface area (Å²) in [5.41, 5.74) is -0.948. The van der Waals surface area contributed by atoms with E-state index in [2.05, 4.69) is 0 Å². The molecule has 2 amide bonds. The van der Waals surface area contributed by atoms with Crippen molar-refractivity contribution in [2.45, 2.75) is 18.5 Å². The lowest BCUT2D eigenvalue weighted by atomic mass is 9.80. The number of methoxy groups -OCH3 is 1. The zero-order chi connectivity index (χ0) is 16.9. The average molecular weight is 321 g/mol. The Morgan fingerprint density at radius 1 is 1.30 bits per heavy atom. The summed E-state index contributed by atoms with van der Waals surface area (Å²) in [6.45, 7) is 1.57. The zero-order valence-electron chi connectivity index (χ0n) is 13.1. The minimum atomic E-state index is -1.26. The highest BCUT2D eigenvalue weighted by Gasteiger charge is 2.70. The van der Waals surface area contributed by atoms with Gasteiger partial charge in [0.15, 0.2) is 0 Å². The first kappa shape index (κ1) is 15.6. The van der Waals surface area contributed by atoms with Gasteiger partial charge in [-0.15, -0.1) is 0 Å². The molecule has 2 fully saturated rings. The number of rotatable bonds is 2. The van der Waals surface area contributed by atoms with Gasteiger partial charge in [-0.2, -0.15) is 0 Å². The Hall–Kier alpha value is -2.28. The molecule has 2 heterocycles. The van der Waals surface area contributed by atoms with Crippen LogP contribution >= 0.6 is 0 Å². The van der Waals surface area contributed by atoms with Gasteiger partial charge in [-0.25, -0.2) is 9.18 Å². The highest BCUT2D eigenvalue weighted by Crippen LogP contribution is 2.44. The third kappa shape index (κ3) is 1.99. The highest BCUT2D eigenvalue weighted by molar-refractivity contribution is 6.08. The van der Waals surface area contributed by atoms with E-state index in [1.807, 2.05) is 0 Å². The molecule has 2 aliphatic rings. The number of hydrogen-bond donors (Lipinski definition) is 1. The second-order valence-electron chi connectivity index (χ2n) is 6.23. The molecule has 0 aromatic heterocycles. The van der Waals surface area contributed by atoms with E-state index in [-0.39, 0.29) is 0 Å². The van der Waals surface area contributed by atoms with Gasteiger partial charge in [0.2, 0.25) is 17.4 Å². The molecule has 0 bridgehead atoms. The SMILES string of the molecule is COC(=O)[C@@]1(C)[NH2+][C@@H](c2ccccc2F)[C@H]2C(=O)N(C)C(=O)[C@H]21. The lowest BCUT2D eigenvalue weighted by Gasteiger charge is -2.24. The van der Waals surface area contributed by atoms with Gasteiger partial charge in [0.1, 0.15) is 23.7 Å². The number of nitrogens with zero attached hydrogens (tertiary/aromatic N) is 1. The number of ether oxygens (including phenoxy) is 1. The monoisotopic (exact) mass is 321 g/mol. The van der Waals surface area contributed by atoms with E-state index in [4.69, 9.17) is 4.74 Å². The van der Waals surface area contributed by atoms with Crippen molar-refractivity contribution in [2.24, 2.45) is 11.8 Å². The third-order valence-electron chi connectivity index (χ3n) is 5.02. The van der Waals surface area contributed by atoms with Gasteiger partial charge in [-0.1, -0.05) is 18.2 Å². The van der Waals surface area contributed by atoms with Crippen LogP contribution in [0.1, 0.15) is 18.5 Å². The summed E-state index contributed by atoms with van der Waals surface area (Å²) in [5, 5.41) is 1.59. The number of imide groups is 1. The van der Waals surface area contributed by atoms with E-state index in [0.29, 0.717) is 5.56 Å². The number of esters is 1. The van der Waals surface area contributed by atoms with Crippen molar-refractivity contribution in [3.8, 4) is 0 Å². The van der Waals surface area contributed by atoms with Crippen LogP contribution in [0.2, 0.25) is 0 Å². The smallest absolute Gasteiger partial charge is 0.368 e. The van der Waals surface area contributed by atoms with Crippen LogP contribution in [-0.4, -0.2) is 42.4 Å². The predicted octanol–water partition coefficient (Wildman–Crippen LogP) is -0.393. The molecule has 2 aliphatic heterocycles. The summed E-state index contributed by atoms with van der Waals surface area (Å²) in [4.78, 5) is 38.3.